The summed E-state index contributed by atoms with van der Waals surface area (Å²) in [5, 5.41) is 14.1. The number of aromatic carboxylic acids is 1. The molecule has 1 aliphatic rings. The van der Waals surface area contributed by atoms with Gasteiger partial charge in [-0.2, -0.15) is 0 Å². The Morgan fingerprint density at radius 1 is 1.06 bits per heavy atom. The van der Waals surface area contributed by atoms with E-state index in [4.69, 9.17) is 0 Å². The standard InChI is InChI=1S/C27H32N4O3/c1-2-3-9-16-31-24(29-26(30-31)25(32)19-10-5-4-6-11-19)17-21-15-14-20(18-28-21)22-12-7-8-13-23(22)27(33)34/h7-8,12-15,18-19H,2-6,9-11,16-17H2,1H3,(H,33,34). The number of carboxylic acid groups (broad SMARTS) is 1. The predicted molar refractivity (Wildman–Crippen MR) is 130 cm³/mol. The molecular formula is C27H32N4O3. The monoisotopic (exact) mass is 460 g/mol. The zero-order valence-corrected chi connectivity index (χ0v) is 19.7. The average Bonchev–Trinajstić information content (AvgIpc) is 3.27. The van der Waals surface area contributed by atoms with E-state index in [1.807, 2.05) is 22.9 Å². The SMILES string of the molecule is CCCCCn1nc(C(=O)C2CCCCC2)nc1Cc1ccc(-c2ccccc2C(=O)O)cn1. The van der Waals surface area contributed by atoms with Gasteiger partial charge in [-0.15, -0.1) is 5.10 Å². The van der Waals surface area contributed by atoms with Crippen molar-refractivity contribution < 1.29 is 14.7 Å². The minimum Gasteiger partial charge on any atom is -0.478 e. The third kappa shape index (κ3) is 5.58. The van der Waals surface area contributed by atoms with Crippen LogP contribution in [0.1, 0.15) is 90.8 Å². The first-order valence-electron chi connectivity index (χ1n) is 12.3. The van der Waals surface area contributed by atoms with Gasteiger partial charge >= 0.3 is 5.97 Å². The number of carbonyl (C=O) groups is 2. The van der Waals surface area contributed by atoms with Crippen LogP contribution in [0.25, 0.3) is 11.1 Å². The molecule has 1 fully saturated rings. The normalized spacial score (nSPS) is 14.3. The number of aromatic nitrogens is 4. The van der Waals surface area contributed by atoms with Crippen molar-refractivity contribution in [1.82, 2.24) is 19.7 Å². The summed E-state index contributed by atoms with van der Waals surface area (Å²) in [6.07, 6.45) is 10.6. The van der Waals surface area contributed by atoms with Crippen molar-refractivity contribution in [3.05, 3.63) is 65.5 Å². The number of hydrogen-bond acceptors (Lipinski definition) is 5. The van der Waals surface area contributed by atoms with E-state index < -0.39 is 5.97 Å². The van der Waals surface area contributed by atoms with Gasteiger partial charge in [-0.1, -0.05) is 63.3 Å². The fourth-order valence-corrected chi connectivity index (χ4v) is 4.62. The molecule has 4 rings (SSSR count). The lowest BCUT2D eigenvalue weighted by atomic mass is 9.86. The smallest absolute Gasteiger partial charge is 0.336 e. The van der Waals surface area contributed by atoms with Gasteiger partial charge in [0.15, 0.2) is 0 Å². The van der Waals surface area contributed by atoms with Crippen LogP contribution in [0.15, 0.2) is 42.6 Å². The third-order valence-corrected chi connectivity index (χ3v) is 6.55. The Morgan fingerprint density at radius 3 is 2.56 bits per heavy atom. The number of unbranched alkanes of at least 4 members (excludes halogenated alkanes) is 2. The van der Waals surface area contributed by atoms with Crippen molar-refractivity contribution in [2.75, 3.05) is 0 Å². The summed E-state index contributed by atoms with van der Waals surface area (Å²) in [5.74, 6) is 0.241. The van der Waals surface area contributed by atoms with Gasteiger partial charge in [0.2, 0.25) is 11.6 Å². The summed E-state index contributed by atoms with van der Waals surface area (Å²) in [6, 6.07) is 10.7. The minimum absolute atomic E-state index is 0.0415. The van der Waals surface area contributed by atoms with E-state index >= 15 is 0 Å². The van der Waals surface area contributed by atoms with Gasteiger partial charge in [-0.05, 0) is 37.0 Å². The van der Waals surface area contributed by atoms with E-state index in [0.29, 0.717) is 17.8 Å². The maximum absolute atomic E-state index is 13.0. The molecule has 0 bridgehead atoms. The van der Waals surface area contributed by atoms with E-state index in [1.165, 1.54) is 6.42 Å². The van der Waals surface area contributed by atoms with Crippen LogP contribution in [0.3, 0.4) is 0 Å². The Bertz CT molecular complexity index is 1130. The van der Waals surface area contributed by atoms with Crippen LogP contribution in [-0.2, 0) is 13.0 Å². The number of hydrogen-bond donors (Lipinski definition) is 1. The molecule has 0 unspecified atom stereocenters. The summed E-state index contributed by atoms with van der Waals surface area (Å²) in [4.78, 5) is 33.8. The van der Waals surface area contributed by atoms with Crippen molar-refractivity contribution in [3.8, 4) is 11.1 Å². The molecule has 0 saturated heterocycles. The fourth-order valence-electron chi connectivity index (χ4n) is 4.62. The Balaban J connectivity index is 1.55. The van der Waals surface area contributed by atoms with Crippen molar-refractivity contribution >= 4 is 11.8 Å². The lowest BCUT2D eigenvalue weighted by Crippen LogP contribution is -2.19. The molecule has 0 atom stereocenters. The van der Waals surface area contributed by atoms with Crippen LogP contribution in [-0.4, -0.2) is 36.6 Å². The second kappa shape index (κ2) is 11.2. The van der Waals surface area contributed by atoms with E-state index in [2.05, 4.69) is 22.0 Å². The number of ketones is 1. The topological polar surface area (TPSA) is 98.0 Å². The van der Waals surface area contributed by atoms with E-state index in [1.54, 1.807) is 24.4 Å². The Morgan fingerprint density at radius 2 is 1.85 bits per heavy atom. The lowest BCUT2D eigenvalue weighted by Gasteiger charge is -2.18. The van der Waals surface area contributed by atoms with E-state index in [9.17, 15) is 14.7 Å². The molecule has 34 heavy (non-hydrogen) atoms. The van der Waals surface area contributed by atoms with Crippen LogP contribution in [0, 0.1) is 5.92 Å². The van der Waals surface area contributed by atoms with Gasteiger partial charge in [0.25, 0.3) is 0 Å². The molecule has 178 valence electrons. The summed E-state index contributed by atoms with van der Waals surface area (Å²) < 4.78 is 1.88. The van der Waals surface area contributed by atoms with Crippen molar-refractivity contribution in [3.63, 3.8) is 0 Å². The molecule has 0 amide bonds. The van der Waals surface area contributed by atoms with Gasteiger partial charge in [-0.3, -0.25) is 9.78 Å². The largest absolute Gasteiger partial charge is 0.478 e. The fraction of sp³-hybridized carbons (Fsp3) is 0.444. The first-order chi connectivity index (χ1) is 16.6. The maximum atomic E-state index is 13.0. The number of rotatable bonds is 10. The highest BCUT2D eigenvalue weighted by Crippen LogP contribution is 2.27. The van der Waals surface area contributed by atoms with Crippen LogP contribution < -0.4 is 0 Å². The molecule has 0 aliphatic heterocycles. The first-order valence-corrected chi connectivity index (χ1v) is 12.3. The zero-order valence-electron chi connectivity index (χ0n) is 19.7. The van der Waals surface area contributed by atoms with E-state index in [0.717, 1.165) is 68.6 Å². The number of nitrogens with zero attached hydrogens (tertiary/aromatic N) is 4. The minimum atomic E-state index is -0.963. The Labute approximate surface area is 200 Å². The van der Waals surface area contributed by atoms with Crippen molar-refractivity contribution in [2.24, 2.45) is 5.92 Å². The molecule has 7 heteroatoms. The highest BCUT2D eigenvalue weighted by molar-refractivity contribution is 5.96. The molecule has 1 saturated carbocycles. The number of aryl methyl sites for hydroxylation is 1. The molecule has 2 heterocycles. The Hall–Kier alpha value is -3.35. The molecule has 7 nitrogen and oxygen atoms in total. The molecule has 1 aromatic carbocycles. The number of Topliss-reactive ketones (excluding diaryl/α,β-unsaturated/α-hetero) is 1. The van der Waals surface area contributed by atoms with Crippen LogP contribution in [0.5, 0.6) is 0 Å². The van der Waals surface area contributed by atoms with Gasteiger partial charge in [0.05, 0.1) is 5.56 Å². The first kappa shape index (κ1) is 23.8. The van der Waals surface area contributed by atoms with Gasteiger partial charge in [-0.25, -0.2) is 14.5 Å². The molecule has 0 radical (unpaired) electrons. The summed E-state index contributed by atoms with van der Waals surface area (Å²) in [5.41, 5.74) is 2.44. The quantitative estimate of drug-likeness (QED) is 0.313. The average molecular weight is 461 g/mol. The number of benzene rings is 1. The van der Waals surface area contributed by atoms with E-state index in [-0.39, 0.29) is 17.3 Å². The third-order valence-electron chi connectivity index (χ3n) is 6.55. The summed E-state index contributed by atoms with van der Waals surface area (Å²) in [6.45, 7) is 2.90. The van der Waals surface area contributed by atoms with Crippen LogP contribution in [0.2, 0.25) is 0 Å². The van der Waals surface area contributed by atoms with Crippen LogP contribution in [0.4, 0.5) is 0 Å². The number of pyridine rings is 1. The molecule has 3 aromatic rings. The maximum Gasteiger partial charge on any atom is 0.336 e. The molecule has 1 N–H and O–H groups in total. The van der Waals surface area contributed by atoms with Gasteiger partial charge in [0, 0.05) is 36.3 Å². The Kier molecular flexibility index (Phi) is 7.83. The van der Waals surface area contributed by atoms with Crippen molar-refractivity contribution in [2.45, 2.75) is 71.3 Å². The highest BCUT2D eigenvalue weighted by atomic mass is 16.4. The predicted octanol–water partition coefficient (Wildman–Crippen LogP) is 5.58. The summed E-state index contributed by atoms with van der Waals surface area (Å²) in [7, 11) is 0. The molecular weight excluding hydrogens is 428 g/mol. The van der Waals surface area contributed by atoms with Gasteiger partial charge in [0.1, 0.15) is 5.82 Å². The second-order valence-electron chi connectivity index (χ2n) is 9.05. The van der Waals surface area contributed by atoms with Crippen molar-refractivity contribution in [1.29, 1.82) is 0 Å². The number of carboxylic acids is 1. The summed E-state index contributed by atoms with van der Waals surface area (Å²) >= 11 is 0. The number of carbonyl (C=O) groups excluding carboxylic acids is 1. The second-order valence-corrected chi connectivity index (χ2v) is 9.05. The molecule has 0 spiro atoms. The molecule has 2 aromatic heterocycles. The van der Waals surface area contributed by atoms with Crippen LogP contribution >= 0.6 is 0 Å². The lowest BCUT2D eigenvalue weighted by molar-refractivity contribution is 0.0697. The molecule has 1 aliphatic carbocycles. The zero-order chi connectivity index (χ0) is 23.9. The highest BCUT2D eigenvalue weighted by Gasteiger charge is 2.26. The van der Waals surface area contributed by atoms with Gasteiger partial charge < -0.3 is 5.11 Å².